The summed E-state index contributed by atoms with van der Waals surface area (Å²) in [5, 5.41) is 0. The summed E-state index contributed by atoms with van der Waals surface area (Å²) in [4.78, 5) is 15.3. The van der Waals surface area contributed by atoms with Gasteiger partial charge in [-0.25, -0.2) is 8.42 Å². The zero-order valence-electron chi connectivity index (χ0n) is 18.9. The minimum Gasteiger partial charge on any atom is -0.467 e. The van der Waals surface area contributed by atoms with E-state index in [0.29, 0.717) is 25.1 Å². The molecule has 0 saturated heterocycles. The van der Waals surface area contributed by atoms with E-state index < -0.39 is 10.0 Å². The normalized spacial score (nSPS) is 12.6. The van der Waals surface area contributed by atoms with E-state index in [-0.39, 0.29) is 29.9 Å². The molecule has 0 fully saturated rings. The predicted octanol–water partition coefficient (Wildman–Crippen LogP) is 5.10. The number of hydrogen-bond acceptors (Lipinski definition) is 4. The molecule has 8 heteroatoms. The Morgan fingerprint density at radius 2 is 1.73 bits per heavy atom. The fourth-order valence-corrected chi connectivity index (χ4v) is 5.37. The average molecular weight is 533 g/mol. The van der Waals surface area contributed by atoms with Crippen LogP contribution in [0.1, 0.15) is 31.6 Å². The molecule has 2 aromatic carbocycles. The Balaban J connectivity index is 1.83. The van der Waals surface area contributed by atoms with Crippen LogP contribution in [0.15, 0.2) is 86.8 Å². The van der Waals surface area contributed by atoms with Gasteiger partial charge in [-0.05, 0) is 61.7 Å². The number of halogens is 1. The Hall–Kier alpha value is -2.42. The van der Waals surface area contributed by atoms with Crippen molar-refractivity contribution in [3.63, 3.8) is 0 Å². The first kappa shape index (κ1) is 25.2. The van der Waals surface area contributed by atoms with Gasteiger partial charge in [0, 0.05) is 17.1 Å². The summed E-state index contributed by atoms with van der Waals surface area (Å²) < 4.78 is 34.4. The van der Waals surface area contributed by atoms with Crippen LogP contribution in [-0.4, -0.2) is 42.7 Å². The molecule has 1 atom stereocenters. The van der Waals surface area contributed by atoms with Crippen molar-refractivity contribution in [3.8, 4) is 0 Å². The number of sulfonamides is 1. The number of carbonyl (C=O) groups is 1. The van der Waals surface area contributed by atoms with Gasteiger partial charge in [-0.1, -0.05) is 53.2 Å². The molecule has 0 N–H and O–H groups in total. The second-order valence-corrected chi connectivity index (χ2v) is 10.7. The van der Waals surface area contributed by atoms with Gasteiger partial charge in [0.1, 0.15) is 5.76 Å². The highest BCUT2D eigenvalue weighted by Crippen LogP contribution is 2.22. The molecule has 3 aromatic rings. The minimum absolute atomic E-state index is 0.167. The standard InChI is InChI=1S/C25H29BrN2O4S/c1-3-20(2)28(33(30,31)24-13-11-22(26)12-14-24)19-25(29)27(18-23-10-7-17-32-23)16-15-21-8-5-4-6-9-21/h4-14,17,20H,3,15-16,18-19H2,1-2H3. The maximum absolute atomic E-state index is 13.4. The number of benzene rings is 2. The van der Waals surface area contributed by atoms with Crippen LogP contribution >= 0.6 is 15.9 Å². The molecule has 0 spiro atoms. The van der Waals surface area contributed by atoms with E-state index >= 15 is 0 Å². The van der Waals surface area contributed by atoms with Crippen molar-refractivity contribution in [2.24, 2.45) is 0 Å². The summed E-state index contributed by atoms with van der Waals surface area (Å²) in [6, 6.07) is 19.6. The lowest BCUT2D eigenvalue weighted by molar-refractivity contribution is -0.132. The van der Waals surface area contributed by atoms with Crippen molar-refractivity contribution in [2.75, 3.05) is 13.1 Å². The highest BCUT2D eigenvalue weighted by molar-refractivity contribution is 9.10. The Morgan fingerprint density at radius 3 is 2.33 bits per heavy atom. The highest BCUT2D eigenvalue weighted by Gasteiger charge is 2.32. The second-order valence-electron chi connectivity index (χ2n) is 7.89. The van der Waals surface area contributed by atoms with Crippen LogP contribution in [-0.2, 0) is 27.8 Å². The Morgan fingerprint density at radius 1 is 1.03 bits per heavy atom. The first-order chi connectivity index (χ1) is 15.8. The van der Waals surface area contributed by atoms with Gasteiger partial charge in [-0.3, -0.25) is 4.79 Å². The van der Waals surface area contributed by atoms with Crippen LogP contribution in [0.25, 0.3) is 0 Å². The molecule has 33 heavy (non-hydrogen) atoms. The Labute approximate surface area is 204 Å². The molecule has 0 bridgehead atoms. The molecule has 6 nitrogen and oxygen atoms in total. The van der Waals surface area contributed by atoms with Crippen LogP contribution in [0, 0.1) is 0 Å². The molecule has 176 valence electrons. The van der Waals surface area contributed by atoms with Crippen molar-refractivity contribution in [2.45, 2.75) is 44.2 Å². The molecular formula is C25H29BrN2O4S. The minimum atomic E-state index is -3.85. The Kier molecular flexibility index (Phi) is 8.88. The number of amides is 1. The lowest BCUT2D eigenvalue weighted by Gasteiger charge is -2.30. The van der Waals surface area contributed by atoms with Gasteiger partial charge in [0.25, 0.3) is 0 Å². The van der Waals surface area contributed by atoms with Crippen molar-refractivity contribution < 1.29 is 17.6 Å². The summed E-state index contributed by atoms with van der Waals surface area (Å²) in [6.07, 6.45) is 2.82. The average Bonchev–Trinajstić information content (AvgIpc) is 3.33. The topological polar surface area (TPSA) is 70.8 Å². The molecule has 3 rings (SSSR count). The van der Waals surface area contributed by atoms with Crippen molar-refractivity contribution in [3.05, 3.63) is 88.8 Å². The quantitative estimate of drug-likeness (QED) is 0.344. The van der Waals surface area contributed by atoms with Crippen molar-refractivity contribution in [1.29, 1.82) is 0 Å². The van der Waals surface area contributed by atoms with E-state index in [1.165, 1.54) is 4.31 Å². The SMILES string of the molecule is CCC(C)N(CC(=O)N(CCc1ccccc1)Cc1ccco1)S(=O)(=O)c1ccc(Br)cc1. The smallest absolute Gasteiger partial charge is 0.243 e. The van der Waals surface area contributed by atoms with Crippen molar-refractivity contribution in [1.82, 2.24) is 9.21 Å². The summed E-state index contributed by atoms with van der Waals surface area (Å²) in [5.74, 6) is 0.394. The lowest BCUT2D eigenvalue weighted by atomic mass is 10.1. The molecule has 1 aromatic heterocycles. The molecule has 0 aliphatic carbocycles. The fourth-order valence-electron chi connectivity index (χ4n) is 3.45. The first-order valence-corrected chi connectivity index (χ1v) is 13.2. The maximum atomic E-state index is 13.4. The van der Waals surface area contributed by atoms with Gasteiger partial charge in [-0.2, -0.15) is 4.31 Å². The van der Waals surface area contributed by atoms with Crippen LogP contribution < -0.4 is 0 Å². The van der Waals surface area contributed by atoms with Gasteiger partial charge in [0.2, 0.25) is 15.9 Å². The van der Waals surface area contributed by atoms with Gasteiger partial charge >= 0.3 is 0 Å². The molecule has 0 aliphatic heterocycles. The third-order valence-corrected chi connectivity index (χ3v) is 8.09. The number of nitrogens with zero attached hydrogens (tertiary/aromatic N) is 2. The zero-order chi connectivity index (χ0) is 23.8. The molecule has 1 amide bonds. The van der Waals surface area contributed by atoms with Gasteiger partial charge < -0.3 is 9.32 Å². The Bertz CT molecular complexity index is 1120. The molecule has 1 heterocycles. The monoisotopic (exact) mass is 532 g/mol. The summed E-state index contributed by atoms with van der Waals surface area (Å²) in [7, 11) is -3.85. The van der Waals surface area contributed by atoms with Gasteiger partial charge in [-0.15, -0.1) is 0 Å². The number of furan rings is 1. The zero-order valence-corrected chi connectivity index (χ0v) is 21.3. The molecule has 0 radical (unpaired) electrons. The van der Waals surface area contributed by atoms with E-state index in [0.717, 1.165) is 10.0 Å². The van der Waals surface area contributed by atoms with E-state index in [1.807, 2.05) is 50.2 Å². The third-order valence-electron chi connectivity index (χ3n) is 5.59. The molecule has 0 saturated carbocycles. The lowest BCUT2D eigenvalue weighted by Crippen LogP contribution is -2.46. The molecular weight excluding hydrogens is 504 g/mol. The highest BCUT2D eigenvalue weighted by atomic mass is 79.9. The summed E-state index contributed by atoms with van der Waals surface area (Å²) in [5.41, 5.74) is 1.11. The van der Waals surface area contributed by atoms with E-state index in [2.05, 4.69) is 15.9 Å². The van der Waals surface area contributed by atoms with E-state index in [4.69, 9.17) is 4.42 Å². The van der Waals surface area contributed by atoms with E-state index in [9.17, 15) is 13.2 Å². The number of rotatable bonds is 11. The third kappa shape index (κ3) is 6.79. The van der Waals surface area contributed by atoms with Gasteiger partial charge in [0.15, 0.2) is 0 Å². The number of carbonyl (C=O) groups excluding carboxylic acids is 1. The van der Waals surface area contributed by atoms with Crippen LogP contribution in [0.3, 0.4) is 0 Å². The summed E-state index contributed by atoms with van der Waals surface area (Å²) >= 11 is 3.34. The van der Waals surface area contributed by atoms with Crippen molar-refractivity contribution >= 4 is 31.9 Å². The fraction of sp³-hybridized carbons (Fsp3) is 0.320. The van der Waals surface area contributed by atoms with Crippen LogP contribution in [0.2, 0.25) is 0 Å². The molecule has 0 aliphatic rings. The first-order valence-electron chi connectivity index (χ1n) is 10.9. The summed E-state index contributed by atoms with van der Waals surface area (Å²) in [6.45, 7) is 4.24. The maximum Gasteiger partial charge on any atom is 0.243 e. The van der Waals surface area contributed by atoms with E-state index in [1.54, 1.807) is 41.5 Å². The van der Waals surface area contributed by atoms with Gasteiger partial charge in [0.05, 0.1) is 24.2 Å². The predicted molar refractivity (Wildman–Crippen MR) is 132 cm³/mol. The largest absolute Gasteiger partial charge is 0.467 e. The van der Waals surface area contributed by atoms with Crippen LogP contribution in [0.5, 0.6) is 0 Å². The second kappa shape index (κ2) is 11.6. The number of hydrogen-bond donors (Lipinski definition) is 0. The molecule has 1 unspecified atom stereocenters. The van der Waals surface area contributed by atoms with Crippen LogP contribution in [0.4, 0.5) is 0 Å².